The summed E-state index contributed by atoms with van der Waals surface area (Å²) in [6.45, 7) is 3.41. The highest BCUT2D eigenvalue weighted by Crippen LogP contribution is 2.36. The Kier molecular flexibility index (Phi) is 3.99. The summed E-state index contributed by atoms with van der Waals surface area (Å²) in [6, 6.07) is 3.36. The maximum Gasteiger partial charge on any atom is 0.417 e. The van der Waals surface area contributed by atoms with E-state index in [-0.39, 0.29) is 17.0 Å². The van der Waals surface area contributed by atoms with Crippen LogP contribution >= 0.6 is 11.6 Å². The Morgan fingerprint density at radius 1 is 1.44 bits per heavy atom. The molecule has 0 unspecified atom stereocenters. The first kappa shape index (κ1) is 13.1. The molecule has 0 saturated carbocycles. The lowest BCUT2D eigenvalue weighted by Gasteiger charge is -2.13. The summed E-state index contributed by atoms with van der Waals surface area (Å²) in [6.07, 6.45) is -3.87. The van der Waals surface area contributed by atoms with Gasteiger partial charge in [-0.1, -0.05) is 23.7 Å². The Labute approximate surface area is 96.2 Å². The molecule has 0 bridgehead atoms. The van der Waals surface area contributed by atoms with Crippen molar-refractivity contribution >= 4 is 11.6 Å². The molecule has 0 fully saturated rings. The summed E-state index contributed by atoms with van der Waals surface area (Å²) < 4.78 is 37.5. The maximum atomic E-state index is 12.5. The van der Waals surface area contributed by atoms with Crippen molar-refractivity contribution in [3.8, 4) is 0 Å². The number of hydrogen-bond donors (Lipinski definition) is 1. The Morgan fingerprint density at radius 3 is 2.56 bits per heavy atom. The molecule has 0 spiro atoms. The highest BCUT2D eigenvalue weighted by molar-refractivity contribution is 6.31. The molecule has 1 aromatic carbocycles. The van der Waals surface area contributed by atoms with Gasteiger partial charge in [0, 0.05) is 0 Å². The molecule has 0 heterocycles. The first-order chi connectivity index (χ1) is 7.36. The summed E-state index contributed by atoms with van der Waals surface area (Å²) in [5, 5.41) is 9.15. The van der Waals surface area contributed by atoms with Crippen molar-refractivity contribution in [3.05, 3.63) is 47.0 Å². The van der Waals surface area contributed by atoms with E-state index in [2.05, 4.69) is 6.58 Å². The van der Waals surface area contributed by atoms with E-state index in [9.17, 15) is 18.3 Å². The Morgan fingerprint density at radius 2 is 2.06 bits per heavy atom. The van der Waals surface area contributed by atoms with E-state index in [1.54, 1.807) is 0 Å². The Balaban J connectivity index is 3.12. The molecule has 5 heteroatoms. The minimum Gasteiger partial charge on any atom is -0.388 e. The second-order valence-electron chi connectivity index (χ2n) is 3.28. The summed E-state index contributed by atoms with van der Waals surface area (Å²) in [5.74, 6) is 0. The molecule has 0 aliphatic rings. The normalized spacial score (nSPS) is 13.6. The quantitative estimate of drug-likeness (QED) is 0.805. The van der Waals surface area contributed by atoms with Gasteiger partial charge in [-0.15, -0.1) is 6.58 Å². The van der Waals surface area contributed by atoms with Crippen LogP contribution < -0.4 is 0 Å². The van der Waals surface area contributed by atoms with Crippen LogP contribution in [0.5, 0.6) is 0 Å². The molecule has 0 aliphatic heterocycles. The van der Waals surface area contributed by atoms with Gasteiger partial charge >= 0.3 is 6.18 Å². The fourth-order valence-corrected chi connectivity index (χ4v) is 1.49. The minimum atomic E-state index is -4.51. The molecule has 0 aliphatic carbocycles. The average molecular weight is 251 g/mol. The monoisotopic (exact) mass is 250 g/mol. The molecule has 16 heavy (non-hydrogen) atoms. The summed E-state index contributed by atoms with van der Waals surface area (Å²) >= 11 is 5.44. The SMILES string of the molecule is C=CC[C@@H](O)c1ccc(Cl)c(C(F)(F)F)c1. The van der Waals surface area contributed by atoms with Gasteiger partial charge in [0.15, 0.2) is 0 Å². The lowest BCUT2D eigenvalue weighted by atomic mass is 10.0. The molecular weight excluding hydrogens is 241 g/mol. The van der Waals surface area contributed by atoms with Crippen molar-refractivity contribution < 1.29 is 18.3 Å². The predicted molar refractivity (Wildman–Crippen MR) is 56.2 cm³/mol. The number of hydrogen-bond acceptors (Lipinski definition) is 1. The van der Waals surface area contributed by atoms with Gasteiger partial charge < -0.3 is 5.11 Å². The lowest BCUT2D eigenvalue weighted by Crippen LogP contribution is -2.07. The standard InChI is InChI=1S/C11H10ClF3O/c1-2-3-10(16)7-4-5-9(12)8(6-7)11(13,14)15/h2,4-6,10,16H,1,3H2/t10-/m1/s1. The highest BCUT2D eigenvalue weighted by atomic mass is 35.5. The van der Waals surface area contributed by atoms with Crippen molar-refractivity contribution in [1.82, 2.24) is 0 Å². The maximum absolute atomic E-state index is 12.5. The van der Waals surface area contributed by atoms with Crippen molar-refractivity contribution in [1.29, 1.82) is 0 Å². The van der Waals surface area contributed by atoms with Crippen molar-refractivity contribution in [2.45, 2.75) is 18.7 Å². The number of rotatable bonds is 3. The average Bonchev–Trinajstić information content (AvgIpc) is 2.16. The molecule has 1 nitrogen and oxygen atoms in total. The van der Waals surface area contributed by atoms with Gasteiger partial charge in [-0.25, -0.2) is 0 Å². The first-order valence-corrected chi connectivity index (χ1v) is 4.89. The fourth-order valence-electron chi connectivity index (χ4n) is 1.26. The van der Waals surface area contributed by atoms with E-state index in [4.69, 9.17) is 11.6 Å². The van der Waals surface area contributed by atoms with Crippen LogP contribution in [0.2, 0.25) is 5.02 Å². The zero-order valence-corrected chi connectivity index (χ0v) is 9.02. The lowest BCUT2D eigenvalue weighted by molar-refractivity contribution is -0.137. The van der Waals surface area contributed by atoms with E-state index in [0.29, 0.717) is 0 Å². The second-order valence-corrected chi connectivity index (χ2v) is 3.68. The molecule has 0 amide bonds. The van der Waals surface area contributed by atoms with Crippen molar-refractivity contribution in [2.75, 3.05) is 0 Å². The number of alkyl halides is 3. The number of benzene rings is 1. The van der Waals surface area contributed by atoms with E-state index in [1.807, 2.05) is 0 Å². The van der Waals surface area contributed by atoms with Crippen LogP contribution in [-0.2, 0) is 6.18 Å². The van der Waals surface area contributed by atoms with Crippen LogP contribution in [0.25, 0.3) is 0 Å². The summed E-state index contributed by atoms with van der Waals surface area (Å²) in [4.78, 5) is 0. The number of aliphatic hydroxyl groups is 1. The first-order valence-electron chi connectivity index (χ1n) is 4.52. The molecule has 1 rings (SSSR count). The van der Waals surface area contributed by atoms with E-state index in [1.165, 1.54) is 12.1 Å². The van der Waals surface area contributed by atoms with Crippen molar-refractivity contribution in [2.24, 2.45) is 0 Å². The van der Waals surface area contributed by atoms with Gasteiger partial charge in [0.05, 0.1) is 16.7 Å². The van der Waals surface area contributed by atoms with E-state index >= 15 is 0 Å². The molecule has 1 N–H and O–H groups in total. The largest absolute Gasteiger partial charge is 0.417 e. The van der Waals surface area contributed by atoms with Crippen LogP contribution in [0.15, 0.2) is 30.9 Å². The van der Waals surface area contributed by atoms with Gasteiger partial charge in [0.1, 0.15) is 0 Å². The van der Waals surface area contributed by atoms with Crippen LogP contribution in [0, 0.1) is 0 Å². The van der Waals surface area contributed by atoms with Crippen LogP contribution in [-0.4, -0.2) is 5.11 Å². The molecule has 1 atom stereocenters. The molecular formula is C11H10ClF3O. The van der Waals surface area contributed by atoms with E-state index < -0.39 is 17.8 Å². The number of halogens is 4. The smallest absolute Gasteiger partial charge is 0.388 e. The van der Waals surface area contributed by atoms with Gasteiger partial charge in [-0.05, 0) is 24.1 Å². The molecule has 0 radical (unpaired) electrons. The van der Waals surface area contributed by atoms with Gasteiger partial charge in [-0.2, -0.15) is 13.2 Å². The minimum absolute atomic E-state index is 0.177. The molecule has 0 aromatic heterocycles. The third-order valence-electron chi connectivity index (χ3n) is 2.07. The van der Waals surface area contributed by atoms with Crippen LogP contribution in [0.4, 0.5) is 13.2 Å². The third-order valence-corrected chi connectivity index (χ3v) is 2.40. The topological polar surface area (TPSA) is 20.2 Å². The van der Waals surface area contributed by atoms with Gasteiger partial charge in [-0.3, -0.25) is 0 Å². The van der Waals surface area contributed by atoms with Crippen LogP contribution in [0.3, 0.4) is 0 Å². The van der Waals surface area contributed by atoms with Gasteiger partial charge in [0.25, 0.3) is 0 Å². The Hall–Kier alpha value is -1.00. The second kappa shape index (κ2) is 4.89. The zero-order valence-electron chi connectivity index (χ0n) is 8.26. The molecule has 0 saturated heterocycles. The third kappa shape index (κ3) is 3.00. The number of aliphatic hydroxyl groups excluding tert-OH is 1. The highest BCUT2D eigenvalue weighted by Gasteiger charge is 2.33. The summed E-state index contributed by atoms with van der Waals surface area (Å²) in [5.41, 5.74) is -0.758. The summed E-state index contributed by atoms with van der Waals surface area (Å²) in [7, 11) is 0. The fraction of sp³-hybridized carbons (Fsp3) is 0.273. The van der Waals surface area contributed by atoms with E-state index in [0.717, 1.165) is 12.1 Å². The zero-order chi connectivity index (χ0) is 12.3. The van der Waals surface area contributed by atoms with Crippen LogP contribution in [0.1, 0.15) is 23.7 Å². The molecule has 88 valence electrons. The molecule has 1 aromatic rings. The predicted octanol–water partition coefficient (Wildman–Crippen LogP) is 3.97. The Bertz CT molecular complexity index is 387. The van der Waals surface area contributed by atoms with Gasteiger partial charge in [0.2, 0.25) is 0 Å². The van der Waals surface area contributed by atoms with Crippen molar-refractivity contribution in [3.63, 3.8) is 0 Å².